The molecule has 1 aliphatic carbocycles. The van der Waals surface area contributed by atoms with Crippen LogP contribution in [-0.2, 0) is 0 Å². The van der Waals surface area contributed by atoms with E-state index in [1.165, 1.54) is 25.5 Å². The van der Waals surface area contributed by atoms with Crippen molar-refractivity contribution in [1.29, 1.82) is 0 Å². The van der Waals surface area contributed by atoms with Crippen LogP contribution in [-0.4, -0.2) is 30.6 Å². The van der Waals surface area contributed by atoms with Crippen LogP contribution in [0.2, 0.25) is 0 Å². The molecule has 2 unspecified atom stereocenters. The fourth-order valence-electron chi connectivity index (χ4n) is 2.78. The molecule has 2 atom stereocenters. The third kappa shape index (κ3) is 2.38. The highest BCUT2D eigenvalue weighted by Crippen LogP contribution is 2.34. The molecule has 0 bridgehead atoms. The lowest BCUT2D eigenvalue weighted by molar-refractivity contribution is 0.283. The van der Waals surface area contributed by atoms with Crippen molar-refractivity contribution in [2.45, 2.75) is 18.9 Å². The van der Waals surface area contributed by atoms with Gasteiger partial charge in [0.2, 0.25) is 0 Å². The van der Waals surface area contributed by atoms with E-state index in [0.29, 0.717) is 18.4 Å². The molecule has 1 aliphatic heterocycles. The minimum atomic E-state index is -0.266. The Morgan fingerprint density at radius 3 is 2.85 bits per heavy atom. The van der Waals surface area contributed by atoms with Gasteiger partial charge < -0.3 is 4.74 Å². The number of fused-ring (bicyclic) bond motifs is 1. The molecule has 0 aromatic heterocycles. The summed E-state index contributed by atoms with van der Waals surface area (Å²) in [4.78, 5) is 2.43. The van der Waals surface area contributed by atoms with Crippen LogP contribution in [0.15, 0.2) is 36.4 Å². The van der Waals surface area contributed by atoms with Crippen LogP contribution in [0.5, 0.6) is 5.75 Å². The third-order valence-electron chi connectivity index (χ3n) is 4.27. The maximum Gasteiger partial charge on any atom is 0.165 e. The standard InChI is InChI=1S/C17H18FNO/c18-16-8-7-13-3-1-2-4-15(13)17(16)20-11-14-10-19(14)9-12-5-6-12/h1-4,7-8,12,14H,5-6,9-11H2. The zero-order valence-electron chi connectivity index (χ0n) is 11.4. The van der Waals surface area contributed by atoms with Gasteiger partial charge in [-0.05, 0) is 30.2 Å². The Kier molecular flexibility index (Phi) is 2.88. The summed E-state index contributed by atoms with van der Waals surface area (Å²) in [5, 5.41) is 1.89. The van der Waals surface area contributed by atoms with Crippen LogP contribution in [0.3, 0.4) is 0 Å². The van der Waals surface area contributed by atoms with E-state index in [9.17, 15) is 4.39 Å². The number of nitrogens with zero attached hydrogens (tertiary/aromatic N) is 1. The monoisotopic (exact) mass is 271 g/mol. The predicted octanol–water partition coefficient (Wildman–Crippen LogP) is 3.45. The normalized spacial score (nSPS) is 24.9. The van der Waals surface area contributed by atoms with Gasteiger partial charge in [0, 0.05) is 18.5 Å². The van der Waals surface area contributed by atoms with Gasteiger partial charge in [-0.1, -0.05) is 30.3 Å². The van der Waals surface area contributed by atoms with Gasteiger partial charge in [-0.15, -0.1) is 0 Å². The van der Waals surface area contributed by atoms with Gasteiger partial charge in [-0.2, -0.15) is 0 Å². The first kappa shape index (κ1) is 12.2. The van der Waals surface area contributed by atoms with E-state index >= 15 is 0 Å². The summed E-state index contributed by atoms with van der Waals surface area (Å²) < 4.78 is 19.8. The molecule has 2 aromatic carbocycles. The number of benzene rings is 2. The molecule has 0 N–H and O–H groups in total. The number of hydrogen-bond donors (Lipinski definition) is 0. The first-order valence-corrected chi connectivity index (χ1v) is 7.35. The van der Waals surface area contributed by atoms with Gasteiger partial charge in [-0.25, -0.2) is 4.39 Å². The molecule has 2 aliphatic rings. The molecule has 104 valence electrons. The van der Waals surface area contributed by atoms with Crippen molar-refractivity contribution in [3.63, 3.8) is 0 Å². The van der Waals surface area contributed by atoms with E-state index < -0.39 is 0 Å². The molecule has 0 radical (unpaired) electrons. The highest BCUT2D eigenvalue weighted by atomic mass is 19.1. The molecule has 2 aromatic rings. The third-order valence-corrected chi connectivity index (χ3v) is 4.27. The lowest BCUT2D eigenvalue weighted by Gasteiger charge is -2.10. The molecule has 1 saturated heterocycles. The van der Waals surface area contributed by atoms with Gasteiger partial charge in [-0.3, -0.25) is 4.90 Å². The second-order valence-corrected chi connectivity index (χ2v) is 5.96. The average molecular weight is 271 g/mol. The summed E-state index contributed by atoms with van der Waals surface area (Å²) in [7, 11) is 0. The van der Waals surface area contributed by atoms with Crippen molar-refractivity contribution in [2.24, 2.45) is 5.92 Å². The largest absolute Gasteiger partial charge is 0.488 e. The fraction of sp³-hybridized carbons (Fsp3) is 0.412. The van der Waals surface area contributed by atoms with E-state index in [0.717, 1.165) is 23.2 Å². The van der Waals surface area contributed by atoms with E-state index in [4.69, 9.17) is 4.74 Å². The number of rotatable bonds is 5. The Morgan fingerprint density at radius 1 is 1.15 bits per heavy atom. The minimum absolute atomic E-state index is 0.266. The Morgan fingerprint density at radius 2 is 2.00 bits per heavy atom. The fourth-order valence-corrected chi connectivity index (χ4v) is 2.78. The molecule has 20 heavy (non-hydrogen) atoms. The summed E-state index contributed by atoms with van der Waals surface area (Å²) in [5.74, 6) is 1.05. The minimum Gasteiger partial charge on any atom is -0.488 e. The van der Waals surface area contributed by atoms with Gasteiger partial charge in [0.15, 0.2) is 11.6 Å². The van der Waals surface area contributed by atoms with Crippen molar-refractivity contribution >= 4 is 10.8 Å². The summed E-state index contributed by atoms with van der Waals surface area (Å²) in [6.45, 7) is 2.90. The van der Waals surface area contributed by atoms with Crippen molar-refractivity contribution in [3.8, 4) is 5.75 Å². The average Bonchev–Trinajstić information content (AvgIpc) is 3.37. The molecule has 2 fully saturated rings. The predicted molar refractivity (Wildman–Crippen MR) is 77.5 cm³/mol. The molecule has 1 saturated carbocycles. The van der Waals surface area contributed by atoms with Crippen molar-refractivity contribution in [2.75, 3.05) is 19.7 Å². The summed E-state index contributed by atoms with van der Waals surface area (Å²) >= 11 is 0. The lowest BCUT2D eigenvalue weighted by Crippen LogP contribution is -2.13. The van der Waals surface area contributed by atoms with E-state index in [-0.39, 0.29) is 5.82 Å². The topological polar surface area (TPSA) is 12.2 Å². The van der Waals surface area contributed by atoms with Crippen LogP contribution < -0.4 is 4.74 Å². The SMILES string of the molecule is Fc1ccc2ccccc2c1OCC1CN1CC1CC1. The van der Waals surface area contributed by atoms with Gasteiger partial charge in [0.1, 0.15) is 6.61 Å². The molecule has 1 heterocycles. The van der Waals surface area contributed by atoms with Crippen LogP contribution in [0.25, 0.3) is 10.8 Å². The zero-order valence-corrected chi connectivity index (χ0v) is 11.4. The first-order chi connectivity index (χ1) is 9.81. The summed E-state index contributed by atoms with van der Waals surface area (Å²) in [6, 6.07) is 11.6. The lowest BCUT2D eigenvalue weighted by atomic mass is 10.1. The quantitative estimate of drug-likeness (QED) is 0.772. The molecule has 4 rings (SSSR count). The van der Waals surface area contributed by atoms with Crippen LogP contribution >= 0.6 is 0 Å². The Bertz CT molecular complexity index is 638. The van der Waals surface area contributed by atoms with Crippen molar-refractivity contribution in [1.82, 2.24) is 4.90 Å². The highest BCUT2D eigenvalue weighted by molar-refractivity contribution is 5.88. The van der Waals surface area contributed by atoms with Crippen LogP contribution in [0.4, 0.5) is 4.39 Å². The molecule has 0 amide bonds. The van der Waals surface area contributed by atoms with E-state index in [1.54, 1.807) is 6.07 Å². The summed E-state index contributed by atoms with van der Waals surface area (Å²) in [5.41, 5.74) is 0. The first-order valence-electron chi connectivity index (χ1n) is 7.35. The van der Waals surface area contributed by atoms with E-state index in [2.05, 4.69) is 4.90 Å². The molecular formula is C17H18FNO. The van der Waals surface area contributed by atoms with Crippen LogP contribution in [0, 0.1) is 11.7 Å². The maximum atomic E-state index is 14.0. The van der Waals surface area contributed by atoms with Crippen LogP contribution in [0.1, 0.15) is 12.8 Å². The zero-order chi connectivity index (χ0) is 13.5. The maximum absolute atomic E-state index is 14.0. The molecule has 0 spiro atoms. The number of ether oxygens (including phenoxy) is 1. The second kappa shape index (κ2) is 4.74. The molecular weight excluding hydrogens is 253 g/mol. The van der Waals surface area contributed by atoms with Gasteiger partial charge in [0.25, 0.3) is 0 Å². The van der Waals surface area contributed by atoms with Gasteiger partial charge >= 0.3 is 0 Å². The van der Waals surface area contributed by atoms with Crippen molar-refractivity contribution < 1.29 is 9.13 Å². The second-order valence-electron chi connectivity index (χ2n) is 5.96. The Hall–Kier alpha value is -1.61. The Labute approximate surface area is 118 Å². The van der Waals surface area contributed by atoms with Gasteiger partial charge in [0.05, 0.1) is 6.04 Å². The molecule has 2 nitrogen and oxygen atoms in total. The molecule has 3 heteroatoms. The van der Waals surface area contributed by atoms with E-state index in [1.807, 2.05) is 24.3 Å². The smallest absolute Gasteiger partial charge is 0.165 e. The number of hydrogen-bond acceptors (Lipinski definition) is 2. The number of halogens is 1. The highest BCUT2D eigenvalue weighted by Gasteiger charge is 2.38. The Balaban J connectivity index is 1.47. The summed E-state index contributed by atoms with van der Waals surface area (Å²) in [6.07, 6.45) is 2.75. The van der Waals surface area contributed by atoms with Crippen molar-refractivity contribution in [3.05, 3.63) is 42.2 Å².